The molecular formula is C13H22N4O. The molecular weight excluding hydrogens is 228 g/mol. The van der Waals surface area contributed by atoms with Crippen molar-refractivity contribution >= 4 is 11.6 Å². The molecule has 0 radical (unpaired) electrons. The zero-order valence-electron chi connectivity index (χ0n) is 11.2. The van der Waals surface area contributed by atoms with Crippen molar-refractivity contribution < 1.29 is 5.11 Å². The summed E-state index contributed by atoms with van der Waals surface area (Å²) in [5.74, 6) is 1.87. The van der Waals surface area contributed by atoms with Gasteiger partial charge >= 0.3 is 0 Å². The van der Waals surface area contributed by atoms with Crippen LogP contribution in [0, 0.1) is 6.92 Å². The van der Waals surface area contributed by atoms with Crippen molar-refractivity contribution in [3.8, 4) is 0 Å². The molecule has 0 spiro atoms. The first-order chi connectivity index (χ1) is 8.77. The Morgan fingerprint density at radius 1 is 1.44 bits per heavy atom. The van der Waals surface area contributed by atoms with Gasteiger partial charge in [0.25, 0.3) is 0 Å². The summed E-state index contributed by atoms with van der Waals surface area (Å²) in [4.78, 5) is 10.9. The number of aliphatic hydroxyl groups excluding tert-OH is 1. The molecule has 0 saturated heterocycles. The maximum Gasteiger partial charge on any atom is 0.137 e. The maximum absolute atomic E-state index is 9.18. The van der Waals surface area contributed by atoms with Crippen molar-refractivity contribution in [3.63, 3.8) is 0 Å². The molecule has 1 aromatic rings. The predicted octanol–water partition coefficient (Wildman–Crippen LogP) is 1.57. The Hall–Kier alpha value is -1.36. The molecule has 1 aliphatic rings. The number of rotatable bonds is 7. The van der Waals surface area contributed by atoms with E-state index in [1.54, 1.807) is 6.33 Å². The van der Waals surface area contributed by atoms with Gasteiger partial charge in [0.2, 0.25) is 0 Å². The van der Waals surface area contributed by atoms with E-state index in [1.807, 2.05) is 6.92 Å². The standard InChI is InChI=1S/C13H22N4O/c1-3-6-14-12-10(2)13(16-9-15-12)17(7-8-18)11-4-5-11/h9,11,18H,3-8H2,1-2H3,(H,14,15,16). The van der Waals surface area contributed by atoms with Gasteiger partial charge in [-0.3, -0.25) is 0 Å². The van der Waals surface area contributed by atoms with E-state index in [4.69, 9.17) is 0 Å². The highest BCUT2D eigenvalue weighted by Crippen LogP contribution is 2.33. The Morgan fingerprint density at radius 3 is 2.83 bits per heavy atom. The molecule has 2 N–H and O–H groups in total. The number of anilines is 2. The van der Waals surface area contributed by atoms with Crippen molar-refractivity contribution in [3.05, 3.63) is 11.9 Å². The quantitative estimate of drug-likeness (QED) is 0.769. The van der Waals surface area contributed by atoms with Crippen LogP contribution in [0.3, 0.4) is 0 Å². The largest absolute Gasteiger partial charge is 0.395 e. The van der Waals surface area contributed by atoms with E-state index in [0.29, 0.717) is 12.6 Å². The average molecular weight is 250 g/mol. The molecule has 0 aliphatic heterocycles. The SMILES string of the molecule is CCCNc1ncnc(N(CCO)C2CC2)c1C. The van der Waals surface area contributed by atoms with Gasteiger partial charge in [0, 0.05) is 24.7 Å². The van der Waals surface area contributed by atoms with E-state index in [2.05, 4.69) is 27.1 Å². The van der Waals surface area contributed by atoms with E-state index in [-0.39, 0.29) is 6.61 Å². The van der Waals surface area contributed by atoms with Gasteiger partial charge in [-0.05, 0) is 26.2 Å². The molecule has 2 rings (SSSR count). The Bertz CT molecular complexity index is 393. The van der Waals surface area contributed by atoms with Crippen LogP contribution in [0.25, 0.3) is 0 Å². The smallest absolute Gasteiger partial charge is 0.137 e. The highest BCUT2D eigenvalue weighted by molar-refractivity contribution is 5.58. The molecule has 18 heavy (non-hydrogen) atoms. The molecule has 0 bridgehead atoms. The monoisotopic (exact) mass is 250 g/mol. The predicted molar refractivity (Wildman–Crippen MR) is 73.0 cm³/mol. The molecule has 0 unspecified atom stereocenters. The lowest BCUT2D eigenvalue weighted by atomic mass is 10.2. The molecule has 5 nitrogen and oxygen atoms in total. The Labute approximate surface area is 108 Å². The van der Waals surface area contributed by atoms with Gasteiger partial charge in [0.05, 0.1) is 6.61 Å². The van der Waals surface area contributed by atoms with E-state index < -0.39 is 0 Å². The number of hydrogen-bond donors (Lipinski definition) is 2. The normalized spacial score (nSPS) is 14.6. The first-order valence-corrected chi connectivity index (χ1v) is 6.71. The van der Waals surface area contributed by atoms with Crippen molar-refractivity contribution in [2.75, 3.05) is 29.9 Å². The fourth-order valence-corrected chi connectivity index (χ4v) is 2.11. The van der Waals surface area contributed by atoms with Crippen LogP contribution in [-0.4, -0.2) is 40.8 Å². The summed E-state index contributed by atoms with van der Waals surface area (Å²) in [5.41, 5.74) is 1.08. The van der Waals surface area contributed by atoms with Gasteiger partial charge < -0.3 is 15.3 Å². The van der Waals surface area contributed by atoms with E-state index >= 15 is 0 Å². The Balaban J connectivity index is 2.19. The number of aliphatic hydroxyl groups is 1. The van der Waals surface area contributed by atoms with Crippen LogP contribution in [0.1, 0.15) is 31.7 Å². The summed E-state index contributed by atoms with van der Waals surface area (Å²) in [5, 5.41) is 12.5. The third kappa shape index (κ3) is 2.90. The second kappa shape index (κ2) is 6.00. The van der Waals surface area contributed by atoms with Crippen molar-refractivity contribution in [1.82, 2.24) is 9.97 Å². The highest BCUT2D eigenvalue weighted by Gasteiger charge is 2.30. The zero-order chi connectivity index (χ0) is 13.0. The third-order valence-corrected chi connectivity index (χ3v) is 3.20. The summed E-state index contributed by atoms with van der Waals surface area (Å²) >= 11 is 0. The minimum atomic E-state index is 0.164. The van der Waals surface area contributed by atoms with Crippen molar-refractivity contribution in [2.24, 2.45) is 0 Å². The van der Waals surface area contributed by atoms with Crippen molar-refractivity contribution in [2.45, 2.75) is 39.2 Å². The highest BCUT2D eigenvalue weighted by atomic mass is 16.3. The molecule has 0 amide bonds. The molecule has 1 heterocycles. The first-order valence-electron chi connectivity index (χ1n) is 6.71. The van der Waals surface area contributed by atoms with Crippen LogP contribution in [0.4, 0.5) is 11.6 Å². The molecule has 5 heteroatoms. The lowest BCUT2D eigenvalue weighted by Crippen LogP contribution is -2.30. The summed E-state index contributed by atoms with van der Waals surface area (Å²) in [6.45, 7) is 5.90. The second-order valence-corrected chi connectivity index (χ2v) is 4.75. The van der Waals surface area contributed by atoms with Gasteiger partial charge in [-0.1, -0.05) is 6.92 Å². The Morgan fingerprint density at radius 2 is 2.22 bits per heavy atom. The molecule has 1 aromatic heterocycles. The summed E-state index contributed by atoms with van der Waals surface area (Å²) in [7, 11) is 0. The summed E-state index contributed by atoms with van der Waals surface area (Å²) in [6.07, 6.45) is 5.07. The van der Waals surface area contributed by atoms with Crippen LogP contribution in [0.2, 0.25) is 0 Å². The van der Waals surface area contributed by atoms with Crippen LogP contribution >= 0.6 is 0 Å². The number of aromatic nitrogens is 2. The molecule has 0 aromatic carbocycles. The first kappa shape index (κ1) is 13.1. The zero-order valence-corrected chi connectivity index (χ0v) is 11.2. The fraction of sp³-hybridized carbons (Fsp3) is 0.692. The van der Waals surface area contributed by atoms with E-state index in [1.165, 1.54) is 12.8 Å². The minimum Gasteiger partial charge on any atom is -0.395 e. The van der Waals surface area contributed by atoms with Gasteiger partial charge in [0.15, 0.2) is 0 Å². The van der Waals surface area contributed by atoms with E-state index in [0.717, 1.165) is 30.2 Å². The van der Waals surface area contributed by atoms with Crippen molar-refractivity contribution in [1.29, 1.82) is 0 Å². The summed E-state index contributed by atoms with van der Waals surface area (Å²) < 4.78 is 0. The lowest BCUT2D eigenvalue weighted by Gasteiger charge is -2.24. The van der Waals surface area contributed by atoms with Gasteiger partial charge in [-0.25, -0.2) is 9.97 Å². The number of hydrogen-bond acceptors (Lipinski definition) is 5. The maximum atomic E-state index is 9.18. The minimum absolute atomic E-state index is 0.164. The molecule has 0 atom stereocenters. The average Bonchev–Trinajstić information content (AvgIpc) is 3.19. The number of nitrogens with zero attached hydrogens (tertiary/aromatic N) is 3. The molecule has 1 saturated carbocycles. The van der Waals surface area contributed by atoms with E-state index in [9.17, 15) is 5.11 Å². The molecule has 1 fully saturated rings. The van der Waals surface area contributed by atoms with Gasteiger partial charge in [0.1, 0.15) is 18.0 Å². The third-order valence-electron chi connectivity index (χ3n) is 3.20. The molecule has 1 aliphatic carbocycles. The number of nitrogens with one attached hydrogen (secondary N) is 1. The molecule has 100 valence electrons. The van der Waals surface area contributed by atoms with Crippen LogP contribution in [0.15, 0.2) is 6.33 Å². The summed E-state index contributed by atoms with van der Waals surface area (Å²) in [6, 6.07) is 0.546. The van der Waals surface area contributed by atoms with Crippen LogP contribution in [0.5, 0.6) is 0 Å². The Kier molecular flexibility index (Phi) is 4.36. The van der Waals surface area contributed by atoms with Crippen LogP contribution in [-0.2, 0) is 0 Å². The van der Waals surface area contributed by atoms with Gasteiger partial charge in [-0.2, -0.15) is 0 Å². The second-order valence-electron chi connectivity index (χ2n) is 4.75. The topological polar surface area (TPSA) is 61.3 Å². The fourth-order valence-electron chi connectivity index (χ4n) is 2.11. The lowest BCUT2D eigenvalue weighted by molar-refractivity contribution is 0.301. The van der Waals surface area contributed by atoms with Gasteiger partial charge in [-0.15, -0.1) is 0 Å². The van der Waals surface area contributed by atoms with Crippen LogP contribution < -0.4 is 10.2 Å².